The first-order valence-corrected chi connectivity index (χ1v) is 6.61. The fourth-order valence-corrected chi connectivity index (χ4v) is 2.07. The highest BCUT2D eigenvalue weighted by molar-refractivity contribution is 5.48. The lowest BCUT2D eigenvalue weighted by molar-refractivity contribution is 0.174. The molecular formula is C16H14F2O3. The van der Waals surface area contributed by atoms with Gasteiger partial charge in [0.2, 0.25) is 6.79 Å². The number of fused-ring (bicyclic) bond motifs is 1. The van der Waals surface area contributed by atoms with E-state index in [0.29, 0.717) is 17.1 Å². The Bertz CT molecular complexity index is 660. The highest BCUT2D eigenvalue weighted by atomic mass is 19.1. The molecule has 0 fully saturated rings. The summed E-state index contributed by atoms with van der Waals surface area (Å²) < 4.78 is 43.7. The highest BCUT2D eigenvalue weighted by Gasteiger charge is 2.18. The molecule has 0 radical (unpaired) electrons. The van der Waals surface area contributed by atoms with Crippen LogP contribution in [0.3, 0.4) is 0 Å². The van der Waals surface area contributed by atoms with Crippen LogP contribution < -0.4 is 14.2 Å². The van der Waals surface area contributed by atoms with Gasteiger partial charge in [0.25, 0.3) is 0 Å². The van der Waals surface area contributed by atoms with Crippen LogP contribution in [0.5, 0.6) is 23.0 Å². The summed E-state index contributed by atoms with van der Waals surface area (Å²) in [6.45, 7) is 3.86. The van der Waals surface area contributed by atoms with E-state index in [9.17, 15) is 8.78 Å². The highest BCUT2D eigenvalue weighted by Crippen LogP contribution is 2.38. The molecule has 0 N–H and O–H groups in total. The normalized spacial score (nSPS) is 12.8. The summed E-state index contributed by atoms with van der Waals surface area (Å²) in [5.74, 6) is -0.473. The summed E-state index contributed by atoms with van der Waals surface area (Å²) in [5, 5.41) is 0. The molecule has 0 atom stereocenters. The van der Waals surface area contributed by atoms with Gasteiger partial charge in [-0.2, -0.15) is 0 Å². The molecule has 110 valence electrons. The second-order valence-electron chi connectivity index (χ2n) is 5.09. The van der Waals surface area contributed by atoms with E-state index < -0.39 is 17.4 Å². The first-order chi connectivity index (χ1) is 10.0. The molecule has 0 saturated heterocycles. The maximum Gasteiger partial charge on any atom is 0.231 e. The molecule has 21 heavy (non-hydrogen) atoms. The van der Waals surface area contributed by atoms with Crippen molar-refractivity contribution in [1.29, 1.82) is 0 Å². The van der Waals surface area contributed by atoms with Gasteiger partial charge in [-0.05, 0) is 35.7 Å². The van der Waals surface area contributed by atoms with Crippen LogP contribution in [0.2, 0.25) is 0 Å². The summed E-state index contributed by atoms with van der Waals surface area (Å²) in [6, 6.07) is 7.32. The van der Waals surface area contributed by atoms with Crippen LogP contribution in [0.4, 0.5) is 8.78 Å². The van der Waals surface area contributed by atoms with Crippen molar-refractivity contribution in [3.63, 3.8) is 0 Å². The number of ether oxygens (including phenoxy) is 3. The van der Waals surface area contributed by atoms with Gasteiger partial charge >= 0.3 is 0 Å². The van der Waals surface area contributed by atoms with Gasteiger partial charge in [0.05, 0.1) is 0 Å². The second kappa shape index (κ2) is 5.24. The van der Waals surface area contributed by atoms with Gasteiger partial charge in [0, 0.05) is 6.07 Å². The minimum Gasteiger partial charge on any atom is -0.454 e. The third-order valence-corrected chi connectivity index (χ3v) is 3.25. The fourth-order valence-electron chi connectivity index (χ4n) is 2.07. The summed E-state index contributed by atoms with van der Waals surface area (Å²) in [6.07, 6.45) is 0. The Labute approximate surface area is 121 Å². The van der Waals surface area contributed by atoms with Crippen molar-refractivity contribution in [2.45, 2.75) is 19.8 Å². The van der Waals surface area contributed by atoms with Crippen molar-refractivity contribution >= 4 is 0 Å². The first kappa shape index (κ1) is 13.7. The van der Waals surface area contributed by atoms with Crippen molar-refractivity contribution in [1.82, 2.24) is 0 Å². The monoisotopic (exact) mass is 292 g/mol. The molecule has 0 spiro atoms. The average molecular weight is 292 g/mol. The molecule has 3 rings (SSSR count). The minimum atomic E-state index is -0.726. The van der Waals surface area contributed by atoms with E-state index in [1.807, 2.05) is 13.8 Å². The fraction of sp³-hybridized carbons (Fsp3) is 0.250. The average Bonchev–Trinajstić information content (AvgIpc) is 2.90. The second-order valence-corrected chi connectivity index (χ2v) is 5.09. The molecular weight excluding hydrogens is 278 g/mol. The van der Waals surface area contributed by atoms with Gasteiger partial charge in [-0.1, -0.05) is 13.8 Å². The quantitative estimate of drug-likeness (QED) is 0.827. The van der Waals surface area contributed by atoms with Gasteiger partial charge in [-0.3, -0.25) is 0 Å². The number of rotatable bonds is 3. The Balaban J connectivity index is 1.91. The molecule has 2 aromatic carbocycles. The molecule has 0 bridgehead atoms. The maximum atomic E-state index is 14.0. The van der Waals surface area contributed by atoms with E-state index in [4.69, 9.17) is 14.2 Å². The van der Waals surface area contributed by atoms with Crippen molar-refractivity contribution in [3.8, 4) is 23.0 Å². The zero-order valence-corrected chi connectivity index (χ0v) is 11.7. The van der Waals surface area contributed by atoms with Crippen LogP contribution in [0, 0.1) is 11.6 Å². The van der Waals surface area contributed by atoms with Gasteiger partial charge in [0.15, 0.2) is 28.9 Å². The molecule has 0 aromatic heterocycles. The van der Waals surface area contributed by atoms with Crippen LogP contribution in [0.25, 0.3) is 0 Å². The Kier molecular flexibility index (Phi) is 3.41. The smallest absolute Gasteiger partial charge is 0.231 e. The van der Waals surface area contributed by atoms with Gasteiger partial charge < -0.3 is 14.2 Å². The van der Waals surface area contributed by atoms with Gasteiger partial charge in [-0.25, -0.2) is 8.78 Å². The molecule has 0 saturated carbocycles. The third-order valence-electron chi connectivity index (χ3n) is 3.25. The number of benzene rings is 2. The summed E-state index contributed by atoms with van der Waals surface area (Å²) in [4.78, 5) is 0. The Hall–Kier alpha value is -2.30. The number of hydrogen-bond donors (Lipinski definition) is 0. The zero-order valence-electron chi connectivity index (χ0n) is 11.7. The molecule has 1 aliphatic rings. The molecule has 5 heteroatoms. The zero-order chi connectivity index (χ0) is 15.0. The number of halogens is 2. The Morgan fingerprint density at radius 3 is 2.33 bits per heavy atom. The molecule has 0 unspecified atom stereocenters. The summed E-state index contributed by atoms with van der Waals surface area (Å²) in [7, 11) is 0. The van der Waals surface area contributed by atoms with E-state index in [-0.39, 0.29) is 18.5 Å². The minimum absolute atomic E-state index is 0.0357. The largest absolute Gasteiger partial charge is 0.454 e. The van der Waals surface area contributed by atoms with Crippen LogP contribution in [0.1, 0.15) is 25.3 Å². The van der Waals surface area contributed by atoms with Crippen molar-refractivity contribution in [2.75, 3.05) is 6.79 Å². The lowest BCUT2D eigenvalue weighted by Crippen LogP contribution is -1.97. The van der Waals surface area contributed by atoms with Crippen LogP contribution in [-0.4, -0.2) is 6.79 Å². The lowest BCUT2D eigenvalue weighted by atomic mass is 10.0. The SMILES string of the molecule is CC(C)c1cc(F)c(Oc2ccc3c(c2)OCO3)c(F)c1. The van der Waals surface area contributed by atoms with Gasteiger partial charge in [-0.15, -0.1) is 0 Å². The van der Waals surface area contributed by atoms with Gasteiger partial charge in [0.1, 0.15) is 5.75 Å². The Morgan fingerprint density at radius 1 is 1.00 bits per heavy atom. The predicted molar refractivity (Wildman–Crippen MR) is 73.1 cm³/mol. The molecule has 2 aromatic rings. The molecule has 0 aliphatic carbocycles. The molecule has 0 amide bonds. The topological polar surface area (TPSA) is 27.7 Å². The molecule has 1 heterocycles. The van der Waals surface area contributed by atoms with E-state index in [2.05, 4.69) is 0 Å². The maximum absolute atomic E-state index is 14.0. The third kappa shape index (κ3) is 2.63. The van der Waals surface area contributed by atoms with E-state index in [1.54, 1.807) is 12.1 Å². The number of hydrogen-bond acceptors (Lipinski definition) is 3. The van der Waals surface area contributed by atoms with E-state index in [1.165, 1.54) is 18.2 Å². The van der Waals surface area contributed by atoms with Crippen molar-refractivity contribution in [2.24, 2.45) is 0 Å². The van der Waals surface area contributed by atoms with Crippen LogP contribution in [-0.2, 0) is 0 Å². The van der Waals surface area contributed by atoms with Crippen molar-refractivity contribution < 1.29 is 23.0 Å². The van der Waals surface area contributed by atoms with E-state index in [0.717, 1.165) is 0 Å². The standard InChI is InChI=1S/C16H14F2O3/c1-9(2)10-5-12(17)16(13(18)6-10)21-11-3-4-14-15(7-11)20-8-19-14/h3-7,9H,8H2,1-2H3. The summed E-state index contributed by atoms with van der Waals surface area (Å²) >= 11 is 0. The van der Waals surface area contributed by atoms with Crippen LogP contribution >= 0.6 is 0 Å². The molecule has 1 aliphatic heterocycles. The first-order valence-electron chi connectivity index (χ1n) is 6.61. The van der Waals surface area contributed by atoms with Crippen LogP contribution in [0.15, 0.2) is 30.3 Å². The summed E-state index contributed by atoms with van der Waals surface area (Å²) in [5.41, 5.74) is 0.586. The molecule has 3 nitrogen and oxygen atoms in total. The van der Waals surface area contributed by atoms with Crippen molar-refractivity contribution in [3.05, 3.63) is 47.5 Å². The predicted octanol–water partition coefficient (Wildman–Crippen LogP) is 4.61. The lowest BCUT2D eigenvalue weighted by Gasteiger charge is -2.11. The Morgan fingerprint density at radius 2 is 1.67 bits per heavy atom. The van der Waals surface area contributed by atoms with E-state index >= 15 is 0 Å².